The minimum atomic E-state index is -3.69. The first-order valence-corrected chi connectivity index (χ1v) is 9.65. The summed E-state index contributed by atoms with van der Waals surface area (Å²) in [6.45, 7) is 7.40. The number of hydrogen-bond acceptors (Lipinski definition) is 7. The topological polar surface area (TPSA) is 115 Å². The summed E-state index contributed by atoms with van der Waals surface area (Å²) in [5.41, 5.74) is 0. The number of aliphatic hydroxyl groups excluding tert-OH is 2. The van der Waals surface area contributed by atoms with Gasteiger partial charge in [0.25, 0.3) is 0 Å². The standard InChI is InChI=1S/C14H29O8P/c1-5-23(17,18)21-8-11-13(16)12(15)10(4)14(22-11)20-7-6-19-9(2)3/h9-16H,5-8H2,1-4H3,(H,17,18). The van der Waals surface area contributed by atoms with Crippen molar-refractivity contribution in [1.82, 2.24) is 0 Å². The fraction of sp³-hybridized carbons (Fsp3) is 1.00. The highest BCUT2D eigenvalue weighted by Crippen LogP contribution is 2.42. The van der Waals surface area contributed by atoms with Crippen LogP contribution in [0, 0.1) is 5.92 Å². The largest absolute Gasteiger partial charge is 0.390 e. The molecule has 0 aromatic rings. The quantitative estimate of drug-likeness (QED) is 0.409. The van der Waals surface area contributed by atoms with Crippen molar-refractivity contribution in [2.24, 2.45) is 5.92 Å². The lowest BCUT2D eigenvalue weighted by Gasteiger charge is -2.41. The van der Waals surface area contributed by atoms with E-state index < -0.39 is 38.1 Å². The normalized spacial score (nSPS) is 34.5. The van der Waals surface area contributed by atoms with E-state index in [0.29, 0.717) is 6.61 Å². The van der Waals surface area contributed by atoms with Gasteiger partial charge in [0.1, 0.15) is 12.2 Å². The van der Waals surface area contributed by atoms with E-state index in [1.165, 1.54) is 6.92 Å². The summed E-state index contributed by atoms with van der Waals surface area (Å²) in [5.74, 6) is -0.451. The highest BCUT2D eigenvalue weighted by Gasteiger charge is 2.43. The first kappa shape index (κ1) is 21.0. The van der Waals surface area contributed by atoms with Gasteiger partial charge < -0.3 is 33.8 Å². The van der Waals surface area contributed by atoms with E-state index in [9.17, 15) is 19.7 Å². The predicted octanol–water partition coefficient (Wildman–Crippen LogP) is 0.733. The fourth-order valence-corrected chi connectivity index (χ4v) is 2.69. The Bertz CT molecular complexity index is 391. The summed E-state index contributed by atoms with van der Waals surface area (Å²) in [5, 5.41) is 20.1. The van der Waals surface area contributed by atoms with Gasteiger partial charge in [-0.1, -0.05) is 13.8 Å². The highest BCUT2D eigenvalue weighted by atomic mass is 31.2. The van der Waals surface area contributed by atoms with E-state index >= 15 is 0 Å². The van der Waals surface area contributed by atoms with Crippen molar-refractivity contribution < 1.29 is 38.4 Å². The molecule has 0 aromatic carbocycles. The maximum atomic E-state index is 11.5. The van der Waals surface area contributed by atoms with Gasteiger partial charge in [0.05, 0.1) is 32.0 Å². The average Bonchev–Trinajstić information content (AvgIpc) is 2.50. The molecule has 23 heavy (non-hydrogen) atoms. The molecular weight excluding hydrogens is 327 g/mol. The molecule has 0 radical (unpaired) electrons. The summed E-state index contributed by atoms with van der Waals surface area (Å²) in [4.78, 5) is 9.44. The summed E-state index contributed by atoms with van der Waals surface area (Å²) in [6.07, 6.45) is -3.94. The second-order valence-electron chi connectivity index (χ2n) is 5.92. The molecule has 0 aromatic heterocycles. The first-order chi connectivity index (χ1) is 10.7. The van der Waals surface area contributed by atoms with Crippen molar-refractivity contribution in [2.75, 3.05) is 26.0 Å². The molecule has 1 aliphatic rings. The molecule has 1 fully saturated rings. The van der Waals surface area contributed by atoms with Gasteiger partial charge in [-0.15, -0.1) is 0 Å². The lowest BCUT2D eigenvalue weighted by atomic mass is 9.92. The molecule has 0 spiro atoms. The Kier molecular flexibility index (Phi) is 8.61. The Hall–Kier alpha value is -0.0500. The van der Waals surface area contributed by atoms with E-state index in [1.54, 1.807) is 6.92 Å². The van der Waals surface area contributed by atoms with Gasteiger partial charge in [-0.2, -0.15) is 0 Å². The summed E-state index contributed by atoms with van der Waals surface area (Å²) >= 11 is 0. The molecule has 0 saturated carbocycles. The molecule has 1 aliphatic heterocycles. The van der Waals surface area contributed by atoms with Gasteiger partial charge in [-0.3, -0.25) is 4.57 Å². The van der Waals surface area contributed by atoms with Crippen molar-refractivity contribution in [1.29, 1.82) is 0 Å². The Morgan fingerprint density at radius 2 is 1.87 bits per heavy atom. The van der Waals surface area contributed by atoms with Crippen LogP contribution in [0.3, 0.4) is 0 Å². The van der Waals surface area contributed by atoms with E-state index in [1.807, 2.05) is 13.8 Å². The molecule has 3 N–H and O–H groups in total. The SMILES string of the molecule is CCP(=O)(O)OCC1OC(OCCOC(C)C)C(C)C(O)C1O. The van der Waals surface area contributed by atoms with E-state index in [2.05, 4.69) is 0 Å². The van der Waals surface area contributed by atoms with Crippen LogP contribution in [0.5, 0.6) is 0 Å². The zero-order chi connectivity index (χ0) is 17.6. The molecule has 6 atom stereocenters. The molecule has 6 unspecified atom stereocenters. The van der Waals surface area contributed by atoms with Crippen molar-refractivity contribution in [2.45, 2.75) is 58.4 Å². The predicted molar refractivity (Wildman–Crippen MR) is 83.2 cm³/mol. The van der Waals surface area contributed by atoms with Crippen LogP contribution >= 0.6 is 7.60 Å². The zero-order valence-electron chi connectivity index (χ0n) is 14.1. The molecule has 138 valence electrons. The van der Waals surface area contributed by atoms with Crippen LogP contribution in [0.4, 0.5) is 0 Å². The minimum Gasteiger partial charge on any atom is -0.390 e. The lowest BCUT2D eigenvalue weighted by Crippen LogP contribution is -2.55. The van der Waals surface area contributed by atoms with Crippen LogP contribution in [0.25, 0.3) is 0 Å². The number of rotatable bonds is 9. The molecule has 1 rings (SSSR count). The Labute approximate surface area is 137 Å². The summed E-state index contributed by atoms with van der Waals surface area (Å²) < 4.78 is 32.9. The van der Waals surface area contributed by atoms with Gasteiger partial charge >= 0.3 is 7.60 Å². The van der Waals surface area contributed by atoms with E-state index in [4.69, 9.17) is 18.7 Å². The smallest absolute Gasteiger partial charge is 0.327 e. The van der Waals surface area contributed by atoms with Crippen LogP contribution < -0.4 is 0 Å². The molecule has 1 heterocycles. The zero-order valence-corrected chi connectivity index (χ0v) is 15.0. The van der Waals surface area contributed by atoms with Crippen molar-refractivity contribution >= 4 is 7.60 Å². The third-order valence-electron chi connectivity index (χ3n) is 3.66. The average molecular weight is 356 g/mol. The molecule has 0 aliphatic carbocycles. The third kappa shape index (κ3) is 6.76. The van der Waals surface area contributed by atoms with E-state index in [0.717, 1.165) is 0 Å². The van der Waals surface area contributed by atoms with Crippen molar-refractivity contribution in [3.8, 4) is 0 Å². The lowest BCUT2D eigenvalue weighted by molar-refractivity contribution is -0.283. The molecule has 9 heteroatoms. The summed E-state index contributed by atoms with van der Waals surface area (Å²) in [7, 11) is -3.69. The Morgan fingerprint density at radius 1 is 1.22 bits per heavy atom. The summed E-state index contributed by atoms with van der Waals surface area (Å²) in [6, 6.07) is 0. The van der Waals surface area contributed by atoms with Crippen LogP contribution in [0.1, 0.15) is 27.7 Å². The molecule has 0 amide bonds. The molecule has 1 saturated heterocycles. The van der Waals surface area contributed by atoms with Crippen LogP contribution in [0.2, 0.25) is 0 Å². The molecular formula is C14H29O8P. The first-order valence-electron chi connectivity index (χ1n) is 7.89. The van der Waals surface area contributed by atoms with E-state index in [-0.39, 0.29) is 25.5 Å². The maximum Gasteiger partial charge on any atom is 0.327 e. The van der Waals surface area contributed by atoms with Crippen LogP contribution in [-0.4, -0.2) is 71.8 Å². The fourth-order valence-electron chi connectivity index (χ4n) is 2.13. The van der Waals surface area contributed by atoms with Crippen molar-refractivity contribution in [3.63, 3.8) is 0 Å². The Balaban J connectivity index is 2.54. The maximum absolute atomic E-state index is 11.5. The van der Waals surface area contributed by atoms with Crippen molar-refractivity contribution in [3.05, 3.63) is 0 Å². The van der Waals surface area contributed by atoms with Crippen LogP contribution in [0.15, 0.2) is 0 Å². The van der Waals surface area contributed by atoms with Gasteiger partial charge in [0.15, 0.2) is 6.29 Å². The van der Waals surface area contributed by atoms with Crippen LogP contribution in [-0.2, 0) is 23.3 Å². The number of ether oxygens (including phenoxy) is 3. The third-order valence-corrected chi connectivity index (χ3v) is 5.02. The number of hydrogen-bond donors (Lipinski definition) is 3. The van der Waals surface area contributed by atoms with Gasteiger partial charge in [-0.25, -0.2) is 0 Å². The van der Waals surface area contributed by atoms with Gasteiger partial charge in [-0.05, 0) is 13.8 Å². The van der Waals surface area contributed by atoms with Gasteiger partial charge in [0.2, 0.25) is 0 Å². The number of aliphatic hydroxyl groups is 2. The monoisotopic (exact) mass is 356 g/mol. The second kappa shape index (κ2) is 9.44. The Morgan fingerprint density at radius 3 is 2.43 bits per heavy atom. The molecule has 8 nitrogen and oxygen atoms in total. The highest BCUT2D eigenvalue weighted by molar-refractivity contribution is 7.52. The molecule has 0 bridgehead atoms. The van der Waals surface area contributed by atoms with Gasteiger partial charge in [0, 0.05) is 12.1 Å². The second-order valence-corrected chi connectivity index (χ2v) is 8.09. The minimum absolute atomic E-state index is 0.0404.